The van der Waals surface area contributed by atoms with Gasteiger partial charge in [0.15, 0.2) is 5.78 Å². The first kappa shape index (κ1) is 11.9. The highest BCUT2D eigenvalue weighted by Crippen LogP contribution is 2.34. The van der Waals surface area contributed by atoms with Gasteiger partial charge in [-0.1, -0.05) is 24.3 Å². The normalized spacial score (nSPS) is 12.7. The Morgan fingerprint density at radius 3 is 2.79 bits per heavy atom. The Balaban J connectivity index is 2.26. The fourth-order valence-corrected chi connectivity index (χ4v) is 3.28. The first-order valence-corrected chi connectivity index (χ1v) is 6.90. The predicted molar refractivity (Wildman–Crippen MR) is 76.9 cm³/mol. The number of fused-ring (bicyclic) bond motifs is 2. The fraction of sp³-hybridized carbons (Fsp3) is 0.0625. The monoisotopic (exact) mass is 265 g/mol. The molecular weight excluding hydrogens is 254 g/mol. The summed E-state index contributed by atoms with van der Waals surface area (Å²) in [6, 6.07) is 15.8. The van der Waals surface area contributed by atoms with Crippen molar-refractivity contribution in [2.75, 3.05) is 0 Å². The number of rotatable bonds is 0. The first-order chi connectivity index (χ1) is 9.31. The third-order valence-electron chi connectivity index (χ3n) is 3.10. The Hall–Kier alpha value is -2.18. The van der Waals surface area contributed by atoms with Gasteiger partial charge in [-0.05, 0) is 29.7 Å². The molecule has 2 nitrogen and oxygen atoms in total. The molecule has 3 heteroatoms. The van der Waals surface area contributed by atoms with E-state index in [4.69, 9.17) is 5.73 Å². The number of nitrogens with two attached hydrogens (primary N) is 1. The Morgan fingerprint density at radius 2 is 1.95 bits per heavy atom. The SMILES string of the molecule is NC#Cc1cccc2c1C(=O)c1ccccc1SC2. The van der Waals surface area contributed by atoms with E-state index in [0.29, 0.717) is 11.1 Å². The summed E-state index contributed by atoms with van der Waals surface area (Å²) in [6.45, 7) is 0. The highest BCUT2D eigenvalue weighted by atomic mass is 32.2. The van der Waals surface area contributed by atoms with Crippen molar-refractivity contribution in [1.82, 2.24) is 0 Å². The van der Waals surface area contributed by atoms with Gasteiger partial charge in [-0.2, -0.15) is 0 Å². The minimum Gasteiger partial charge on any atom is -0.359 e. The van der Waals surface area contributed by atoms with Crippen LogP contribution in [0.1, 0.15) is 27.0 Å². The lowest BCUT2D eigenvalue weighted by atomic mass is 9.94. The minimum atomic E-state index is 0.0361. The molecule has 1 aliphatic heterocycles. The van der Waals surface area contributed by atoms with Crippen LogP contribution in [0.15, 0.2) is 47.4 Å². The number of ketones is 1. The Bertz CT molecular complexity index is 725. The van der Waals surface area contributed by atoms with E-state index in [1.54, 1.807) is 11.8 Å². The average Bonchev–Trinajstić information content (AvgIpc) is 2.58. The van der Waals surface area contributed by atoms with Gasteiger partial charge >= 0.3 is 0 Å². The number of carbonyl (C=O) groups is 1. The molecule has 19 heavy (non-hydrogen) atoms. The Labute approximate surface area is 116 Å². The van der Waals surface area contributed by atoms with Crippen LogP contribution in [0.2, 0.25) is 0 Å². The second-order valence-electron chi connectivity index (χ2n) is 4.22. The highest BCUT2D eigenvalue weighted by Gasteiger charge is 2.23. The third kappa shape index (κ3) is 2.00. The van der Waals surface area contributed by atoms with Gasteiger partial charge in [0.1, 0.15) is 0 Å². The molecule has 3 rings (SSSR count). The maximum Gasteiger partial charge on any atom is 0.195 e. The largest absolute Gasteiger partial charge is 0.359 e. The smallest absolute Gasteiger partial charge is 0.195 e. The van der Waals surface area contributed by atoms with Gasteiger partial charge in [-0.3, -0.25) is 4.79 Å². The van der Waals surface area contributed by atoms with Crippen LogP contribution in [0.3, 0.4) is 0 Å². The number of carbonyl (C=O) groups excluding carboxylic acids is 1. The molecule has 0 saturated heterocycles. The van der Waals surface area contributed by atoms with Gasteiger partial charge in [0, 0.05) is 33.4 Å². The van der Waals surface area contributed by atoms with Crippen molar-refractivity contribution in [3.8, 4) is 12.0 Å². The lowest BCUT2D eigenvalue weighted by Crippen LogP contribution is -2.06. The Kier molecular flexibility index (Phi) is 3.02. The van der Waals surface area contributed by atoms with Crippen LogP contribution in [-0.4, -0.2) is 5.78 Å². The zero-order chi connectivity index (χ0) is 13.2. The summed E-state index contributed by atoms with van der Waals surface area (Å²) in [6.07, 6.45) is 0. The lowest BCUT2D eigenvalue weighted by molar-refractivity contribution is 0.103. The van der Waals surface area contributed by atoms with Gasteiger partial charge < -0.3 is 5.73 Å². The summed E-state index contributed by atoms with van der Waals surface area (Å²) in [5.41, 5.74) is 8.47. The molecule has 0 fully saturated rings. The number of benzene rings is 2. The summed E-state index contributed by atoms with van der Waals surface area (Å²) >= 11 is 1.68. The van der Waals surface area contributed by atoms with Crippen molar-refractivity contribution in [2.45, 2.75) is 10.6 Å². The van der Waals surface area contributed by atoms with Crippen LogP contribution in [0, 0.1) is 12.0 Å². The molecule has 0 atom stereocenters. The molecule has 0 aromatic heterocycles. The summed E-state index contributed by atoms with van der Waals surface area (Å²) in [5.74, 6) is 3.63. The zero-order valence-electron chi connectivity index (χ0n) is 10.1. The second kappa shape index (κ2) is 4.83. The first-order valence-electron chi connectivity index (χ1n) is 5.91. The van der Waals surface area contributed by atoms with Crippen molar-refractivity contribution < 1.29 is 4.79 Å². The molecule has 92 valence electrons. The maximum atomic E-state index is 12.7. The molecule has 2 aromatic rings. The van der Waals surface area contributed by atoms with E-state index in [9.17, 15) is 4.79 Å². The fourth-order valence-electron chi connectivity index (χ4n) is 2.24. The molecule has 0 spiro atoms. The van der Waals surface area contributed by atoms with Crippen LogP contribution >= 0.6 is 11.8 Å². The van der Waals surface area contributed by atoms with E-state index in [2.05, 4.69) is 12.0 Å². The van der Waals surface area contributed by atoms with Crippen molar-refractivity contribution in [3.05, 3.63) is 64.7 Å². The molecule has 0 aliphatic carbocycles. The zero-order valence-corrected chi connectivity index (χ0v) is 11.0. The molecule has 2 N–H and O–H groups in total. The molecule has 0 amide bonds. The van der Waals surface area contributed by atoms with E-state index in [-0.39, 0.29) is 5.78 Å². The van der Waals surface area contributed by atoms with Gasteiger partial charge in [-0.25, -0.2) is 0 Å². The van der Waals surface area contributed by atoms with Crippen molar-refractivity contribution in [3.63, 3.8) is 0 Å². The number of thioether (sulfide) groups is 1. The average molecular weight is 265 g/mol. The van der Waals surface area contributed by atoms with Crippen molar-refractivity contribution >= 4 is 17.5 Å². The summed E-state index contributed by atoms with van der Waals surface area (Å²) in [4.78, 5) is 13.7. The van der Waals surface area contributed by atoms with E-state index < -0.39 is 0 Å². The van der Waals surface area contributed by atoms with Crippen LogP contribution < -0.4 is 5.73 Å². The molecular formula is C16H11NOS. The number of hydrogen-bond donors (Lipinski definition) is 1. The molecule has 1 heterocycles. The summed E-state index contributed by atoms with van der Waals surface area (Å²) in [5, 5.41) is 0. The standard InChI is InChI=1S/C16H11NOS/c17-9-8-11-4-3-5-12-10-19-14-7-2-1-6-13(14)16(18)15(11)12/h1-7H,10,17H2. The molecule has 0 unspecified atom stereocenters. The summed E-state index contributed by atoms with van der Waals surface area (Å²) in [7, 11) is 0. The molecule has 1 aliphatic rings. The van der Waals surface area contributed by atoms with Crippen LogP contribution in [-0.2, 0) is 5.75 Å². The van der Waals surface area contributed by atoms with E-state index in [0.717, 1.165) is 21.8 Å². The van der Waals surface area contributed by atoms with Gasteiger partial charge in [0.2, 0.25) is 0 Å². The van der Waals surface area contributed by atoms with Crippen LogP contribution in [0.25, 0.3) is 0 Å². The quantitative estimate of drug-likeness (QED) is 0.588. The molecule has 0 bridgehead atoms. The van der Waals surface area contributed by atoms with Crippen LogP contribution in [0.5, 0.6) is 0 Å². The van der Waals surface area contributed by atoms with Crippen LogP contribution in [0.4, 0.5) is 0 Å². The number of hydrogen-bond acceptors (Lipinski definition) is 3. The van der Waals surface area contributed by atoms with E-state index >= 15 is 0 Å². The molecule has 0 saturated carbocycles. The Morgan fingerprint density at radius 1 is 1.11 bits per heavy atom. The van der Waals surface area contributed by atoms with Gasteiger partial charge in [0.05, 0.1) is 0 Å². The third-order valence-corrected chi connectivity index (χ3v) is 4.22. The van der Waals surface area contributed by atoms with E-state index in [1.165, 1.54) is 0 Å². The van der Waals surface area contributed by atoms with E-state index in [1.807, 2.05) is 42.5 Å². The van der Waals surface area contributed by atoms with Gasteiger partial charge in [-0.15, -0.1) is 11.8 Å². The maximum absolute atomic E-state index is 12.7. The molecule has 0 radical (unpaired) electrons. The van der Waals surface area contributed by atoms with Gasteiger partial charge in [0.25, 0.3) is 0 Å². The van der Waals surface area contributed by atoms with Crippen molar-refractivity contribution in [2.24, 2.45) is 5.73 Å². The van der Waals surface area contributed by atoms with Crippen molar-refractivity contribution in [1.29, 1.82) is 0 Å². The highest BCUT2D eigenvalue weighted by molar-refractivity contribution is 7.98. The minimum absolute atomic E-state index is 0.0361. The summed E-state index contributed by atoms with van der Waals surface area (Å²) < 4.78 is 0. The molecule has 2 aromatic carbocycles. The lowest BCUT2D eigenvalue weighted by Gasteiger charge is -2.06. The predicted octanol–water partition coefficient (Wildman–Crippen LogP) is 2.79. The topological polar surface area (TPSA) is 43.1 Å². The second-order valence-corrected chi connectivity index (χ2v) is 5.24.